The molecular formula is C12H21N3O2. The second-order valence-electron chi connectivity index (χ2n) is 4.46. The lowest BCUT2D eigenvalue weighted by atomic mass is 10.3. The molecule has 0 aliphatic carbocycles. The fraction of sp³-hybridized carbons (Fsp3) is 0.583. The number of aromatic nitrogens is 1. The van der Waals surface area contributed by atoms with E-state index in [1.807, 2.05) is 31.9 Å². The fourth-order valence-electron chi connectivity index (χ4n) is 1.46. The van der Waals surface area contributed by atoms with Gasteiger partial charge in [0.15, 0.2) is 0 Å². The summed E-state index contributed by atoms with van der Waals surface area (Å²) in [5.41, 5.74) is 6.30. The van der Waals surface area contributed by atoms with Crippen molar-refractivity contribution in [2.75, 3.05) is 24.2 Å². The maximum atomic E-state index is 9.33. The highest BCUT2D eigenvalue weighted by Crippen LogP contribution is 2.23. The SMILES string of the molecule is CC(O)CN(C)c1ccc(N)c(OC(C)C)n1. The molecular weight excluding hydrogens is 218 g/mol. The Labute approximate surface area is 102 Å². The maximum absolute atomic E-state index is 9.33. The quantitative estimate of drug-likeness (QED) is 0.809. The smallest absolute Gasteiger partial charge is 0.239 e. The van der Waals surface area contributed by atoms with Crippen molar-refractivity contribution in [2.24, 2.45) is 0 Å². The molecule has 0 bridgehead atoms. The van der Waals surface area contributed by atoms with Gasteiger partial charge in [-0.2, -0.15) is 4.98 Å². The van der Waals surface area contributed by atoms with Gasteiger partial charge in [-0.1, -0.05) is 0 Å². The van der Waals surface area contributed by atoms with Crippen LogP contribution >= 0.6 is 0 Å². The number of nitrogens with two attached hydrogens (primary N) is 1. The topological polar surface area (TPSA) is 71.6 Å². The normalized spacial score (nSPS) is 12.6. The standard InChI is InChI=1S/C12H21N3O2/c1-8(2)17-12-10(13)5-6-11(14-12)15(4)7-9(3)16/h5-6,8-9,16H,7,13H2,1-4H3. The summed E-state index contributed by atoms with van der Waals surface area (Å²) < 4.78 is 5.52. The molecule has 0 fully saturated rings. The second-order valence-corrected chi connectivity index (χ2v) is 4.46. The van der Waals surface area contributed by atoms with Gasteiger partial charge in [0.25, 0.3) is 0 Å². The number of nitrogens with zero attached hydrogens (tertiary/aromatic N) is 2. The molecule has 0 amide bonds. The molecule has 1 aromatic rings. The number of hydrogen-bond acceptors (Lipinski definition) is 5. The molecule has 96 valence electrons. The van der Waals surface area contributed by atoms with Gasteiger partial charge < -0.3 is 20.5 Å². The van der Waals surface area contributed by atoms with E-state index in [0.29, 0.717) is 18.1 Å². The lowest BCUT2D eigenvalue weighted by Gasteiger charge is -2.21. The Kier molecular flexibility index (Phi) is 4.57. The zero-order valence-electron chi connectivity index (χ0n) is 10.8. The Morgan fingerprint density at radius 3 is 2.59 bits per heavy atom. The Hall–Kier alpha value is -1.49. The molecule has 0 radical (unpaired) electrons. The summed E-state index contributed by atoms with van der Waals surface area (Å²) in [6.07, 6.45) is -0.379. The van der Waals surface area contributed by atoms with E-state index in [4.69, 9.17) is 10.5 Å². The van der Waals surface area contributed by atoms with E-state index in [1.54, 1.807) is 13.0 Å². The minimum absolute atomic E-state index is 0.0297. The first-order valence-corrected chi connectivity index (χ1v) is 5.72. The van der Waals surface area contributed by atoms with Gasteiger partial charge >= 0.3 is 0 Å². The summed E-state index contributed by atoms with van der Waals surface area (Å²) in [6, 6.07) is 3.57. The van der Waals surface area contributed by atoms with Crippen molar-refractivity contribution in [2.45, 2.75) is 33.0 Å². The molecule has 0 aliphatic heterocycles. The molecule has 17 heavy (non-hydrogen) atoms. The van der Waals surface area contributed by atoms with Gasteiger partial charge in [-0.25, -0.2) is 0 Å². The molecule has 0 saturated heterocycles. The van der Waals surface area contributed by atoms with Gasteiger partial charge in [-0.3, -0.25) is 0 Å². The van der Waals surface area contributed by atoms with Crippen LogP contribution in [0.15, 0.2) is 12.1 Å². The fourth-order valence-corrected chi connectivity index (χ4v) is 1.46. The number of aliphatic hydroxyl groups excluding tert-OH is 1. The largest absolute Gasteiger partial charge is 0.473 e. The van der Waals surface area contributed by atoms with Crippen LogP contribution in [0.4, 0.5) is 11.5 Å². The van der Waals surface area contributed by atoms with Crippen LogP contribution in [0.25, 0.3) is 0 Å². The summed E-state index contributed by atoms with van der Waals surface area (Å²) >= 11 is 0. The molecule has 1 aromatic heterocycles. The van der Waals surface area contributed by atoms with E-state index in [9.17, 15) is 5.11 Å². The van der Waals surface area contributed by atoms with E-state index < -0.39 is 6.10 Å². The van der Waals surface area contributed by atoms with Crippen molar-refractivity contribution in [1.82, 2.24) is 4.98 Å². The summed E-state index contributed by atoms with van der Waals surface area (Å²) in [5.74, 6) is 1.17. The van der Waals surface area contributed by atoms with E-state index in [2.05, 4.69) is 4.98 Å². The number of nitrogen functional groups attached to an aromatic ring is 1. The first-order chi connectivity index (χ1) is 7.90. The Balaban J connectivity index is 2.87. The Morgan fingerprint density at radius 2 is 2.06 bits per heavy atom. The van der Waals surface area contributed by atoms with E-state index in [-0.39, 0.29) is 6.10 Å². The maximum Gasteiger partial charge on any atom is 0.239 e. The summed E-state index contributed by atoms with van der Waals surface area (Å²) in [7, 11) is 1.87. The van der Waals surface area contributed by atoms with Crippen LogP contribution in [0.5, 0.6) is 5.88 Å². The Bertz CT molecular complexity index is 367. The van der Waals surface area contributed by atoms with Crippen LogP contribution in [-0.2, 0) is 0 Å². The van der Waals surface area contributed by atoms with Crippen molar-refractivity contribution >= 4 is 11.5 Å². The lowest BCUT2D eigenvalue weighted by molar-refractivity contribution is 0.201. The van der Waals surface area contributed by atoms with Crippen LogP contribution in [0, 0.1) is 0 Å². The minimum atomic E-state index is -0.408. The monoisotopic (exact) mass is 239 g/mol. The Morgan fingerprint density at radius 1 is 1.41 bits per heavy atom. The van der Waals surface area contributed by atoms with E-state index >= 15 is 0 Å². The van der Waals surface area contributed by atoms with E-state index in [0.717, 1.165) is 5.82 Å². The van der Waals surface area contributed by atoms with Gasteiger partial charge in [0.1, 0.15) is 5.82 Å². The zero-order valence-corrected chi connectivity index (χ0v) is 10.8. The summed E-state index contributed by atoms with van der Waals surface area (Å²) in [4.78, 5) is 6.19. The predicted molar refractivity (Wildman–Crippen MR) is 69.4 cm³/mol. The molecule has 0 aromatic carbocycles. The third kappa shape index (κ3) is 4.11. The van der Waals surface area contributed by atoms with Gasteiger partial charge in [0.05, 0.1) is 17.9 Å². The predicted octanol–water partition coefficient (Wildman–Crippen LogP) is 1.27. The van der Waals surface area contributed by atoms with Crippen LogP contribution in [-0.4, -0.2) is 35.9 Å². The highest BCUT2D eigenvalue weighted by Gasteiger charge is 2.10. The number of ether oxygens (including phenoxy) is 1. The summed E-state index contributed by atoms with van der Waals surface area (Å²) in [6.45, 7) is 6.10. The molecule has 5 heteroatoms. The highest BCUT2D eigenvalue weighted by molar-refractivity contribution is 5.54. The average Bonchev–Trinajstić information content (AvgIpc) is 2.19. The number of rotatable bonds is 5. The number of likely N-dealkylation sites (N-methyl/N-ethyl adjacent to an activating group) is 1. The van der Waals surface area contributed by atoms with Crippen molar-refractivity contribution in [1.29, 1.82) is 0 Å². The number of aliphatic hydroxyl groups is 1. The number of pyridine rings is 1. The third-order valence-corrected chi connectivity index (χ3v) is 2.15. The molecule has 0 spiro atoms. The number of hydrogen-bond donors (Lipinski definition) is 2. The molecule has 0 saturated carbocycles. The van der Waals surface area contributed by atoms with Gasteiger partial charge in [-0.15, -0.1) is 0 Å². The third-order valence-electron chi connectivity index (χ3n) is 2.15. The second kappa shape index (κ2) is 5.72. The minimum Gasteiger partial charge on any atom is -0.473 e. The zero-order chi connectivity index (χ0) is 13.0. The molecule has 1 unspecified atom stereocenters. The lowest BCUT2D eigenvalue weighted by Crippen LogP contribution is -2.27. The van der Waals surface area contributed by atoms with Crippen molar-refractivity contribution in [3.8, 4) is 5.88 Å². The van der Waals surface area contributed by atoms with Crippen molar-refractivity contribution in [3.05, 3.63) is 12.1 Å². The molecule has 5 nitrogen and oxygen atoms in total. The van der Waals surface area contributed by atoms with Gasteiger partial charge in [0, 0.05) is 13.6 Å². The van der Waals surface area contributed by atoms with E-state index in [1.165, 1.54) is 0 Å². The highest BCUT2D eigenvalue weighted by atomic mass is 16.5. The molecule has 1 atom stereocenters. The van der Waals surface area contributed by atoms with Crippen LogP contribution in [0.2, 0.25) is 0 Å². The number of anilines is 2. The van der Waals surface area contributed by atoms with Crippen molar-refractivity contribution < 1.29 is 9.84 Å². The molecule has 0 aliphatic rings. The van der Waals surface area contributed by atoms with Crippen LogP contribution < -0.4 is 15.4 Å². The first-order valence-electron chi connectivity index (χ1n) is 5.72. The first kappa shape index (κ1) is 13.6. The van der Waals surface area contributed by atoms with Crippen molar-refractivity contribution in [3.63, 3.8) is 0 Å². The van der Waals surface area contributed by atoms with Gasteiger partial charge in [-0.05, 0) is 32.9 Å². The van der Waals surface area contributed by atoms with Crippen LogP contribution in [0.3, 0.4) is 0 Å². The molecule has 3 N–H and O–H groups in total. The molecule has 1 rings (SSSR count). The average molecular weight is 239 g/mol. The van der Waals surface area contributed by atoms with Crippen LogP contribution in [0.1, 0.15) is 20.8 Å². The molecule has 1 heterocycles. The summed E-state index contributed by atoms with van der Waals surface area (Å²) in [5, 5.41) is 9.33. The van der Waals surface area contributed by atoms with Gasteiger partial charge in [0.2, 0.25) is 5.88 Å².